The number of ether oxygens (including phenoxy) is 1. The first-order valence-electron chi connectivity index (χ1n) is 12.6. The fraction of sp³-hybridized carbons (Fsp3) is 0.615. The summed E-state index contributed by atoms with van der Waals surface area (Å²) in [6.45, 7) is 1.56. The lowest BCUT2D eigenvalue weighted by Crippen LogP contribution is -2.60. The molecule has 0 aliphatic heterocycles. The molecule has 4 aliphatic carbocycles. The van der Waals surface area contributed by atoms with E-state index in [1.165, 1.54) is 26.2 Å². The first-order chi connectivity index (χ1) is 16.7. The minimum atomic E-state index is -1.01. The lowest BCUT2D eigenvalue weighted by atomic mass is 9.53. The molecule has 4 bridgehead atoms. The molecule has 4 aliphatic rings. The van der Waals surface area contributed by atoms with Gasteiger partial charge in [-0.2, -0.15) is 0 Å². The Bertz CT molecular complexity index is 915. The second-order valence-electron chi connectivity index (χ2n) is 10.7. The first kappa shape index (κ1) is 25.0. The molecule has 190 valence electrons. The zero-order valence-electron chi connectivity index (χ0n) is 20.3. The van der Waals surface area contributed by atoms with E-state index in [4.69, 9.17) is 10.5 Å². The number of primary amides is 1. The van der Waals surface area contributed by atoms with E-state index in [1.54, 1.807) is 0 Å². The Balaban J connectivity index is 1.21. The van der Waals surface area contributed by atoms with Gasteiger partial charge in [0.05, 0.1) is 0 Å². The number of hydrogen-bond acceptors (Lipinski definition) is 5. The van der Waals surface area contributed by atoms with Gasteiger partial charge < -0.3 is 26.4 Å². The second kappa shape index (κ2) is 10.7. The van der Waals surface area contributed by atoms with Gasteiger partial charge in [-0.15, -0.1) is 0 Å². The molecule has 0 heterocycles. The SMILES string of the molecule is C[C@H](NC(=O)OCc1ccccc1)C(=O)N[C@H](CCC(=O)NC12CC3CC(CC(C3)C1)C2)C(N)=O. The number of rotatable bonds is 10. The number of benzene rings is 1. The van der Waals surface area contributed by atoms with Crippen molar-refractivity contribution in [3.05, 3.63) is 35.9 Å². The molecule has 4 amide bonds. The van der Waals surface area contributed by atoms with Gasteiger partial charge in [-0.1, -0.05) is 30.3 Å². The van der Waals surface area contributed by atoms with Crippen LogP contribution in [0.3, 0.4) is 0 Å². The minimum Gasteiger partial charge on any atom is -0.445 e. The average Bonchev–Trinajstić information content (AvgIpc) is 2.79. The van der Waals surface area contributed by atoms with Crippen molar-refractivity contribution >= 4 is 23.8 Å². The van der Waals surface area contributed by atoms with Crippen LogP contribution in [0.25, 0.3) is 0 Å². The van der Waals surface area contributed by atoms with Gasteiger partial charge in [0.2, 0.25) is 17.7 Å². The third-order valence-electron chi connectivity index (χ3n) is 7.70. The van der Waals surface area contributed by atoms with Crippen LogP contribution in [-0.2, 0) is 25.7 Å². The largest absolute Gasteiger partial charge is 0.445 e. The van der Waals surface area contributed by atoms with E-state index in [1.807, 2.05) is 30.3 Å². The van der Waals surface area contributed by atoms with Crippen molar-refractivity contribution < 1.29 is 23.9 Å². The molecule has 9 nitrogen and oxygen atoms in total. The number of alkyl carbamates (subject to hydrolysis) is 1. The van der Waals surface area contributed by atoms with Crippen molar-refractivity contribution in [3.63, 3.8) is 0 Å². The van der Waals surface area contributed by atoms with E-state index in [9.17, 15) is 19.2 Å². The van der Waals surface area contributed by atoms with Crippen LogP contribution in [-0.4, -0.2) is 41.4 Å². The van der Waals surface area contributed by atoms with E-state index >= 15 is 0 Å². The second-order valence-corrected chi connectivity index (χ2v) is 10.7. The highest BCUT2D eigenvalue weighted by Crippen LogP contribution is 2.55. The fourth-order valence-electron chi connectivity index (χ4n) is 6.49. The quantitative estimate of drug-likeness (QED) is 0.403. The lowest BCUT2D eigenvalue weighted by molar-refractivity contribution is -0.130. The molecule has 0 aromatic heterocycles. The topological polar surface area (TPSA) is 140 Å². The molecule has 9 heteroatoms. The molecule has 4 fully saturated rings. The summed E-state index contributed by atoms with van der Waals surface area (Å²) < 4.78 is 5.12. The number of amides is 4. The standard InChI is InChI=1S/C26H36N4O5/c1-16(28-25(34)35-15-17-5-3-2-4-6-17)24(33)29-21(23(27)32)7-8-22(31)30-26-12-18-9-19(13-26)11-20(10-18)14-26/h2-6,16,18-21H,7-15H2,1H3,(H2,27,32)(H,28,34)(H,29,33)(H,30,31)/t16-,18?,19?,20?,21+,26?/m0/s1. The van der Waals surface area contributed by atoms with Gasteiger partial charge in [0.1, 0.15) is 18.7 Å². The van der Waals surface area contributed by atoms with Crippen molar-refractivity contribution in [1.82, 2.24) is 16.0 Å². The lowest BCUT2D eigenvalue weighted by Gasteiger charge is -2.57. The summed E-state index contributed by atoms with van der Waals surface area (Å²) in [6, 6.07) is 7.22. The Morgan fingerprint density at radius 3 is 2.17 bits per heavy atom. The van der Waals surface area contributed by atoms with Crippen LogP contribution < -0.4 is 21.7 Å². The highest BCUT2D eigenvalue weighted by Gasteiger charge is 2.51. The van der Waals surface area contributed by atoms with Crippen molar-refractivity contribution in [2.24, 2.45) is 23.5 Å². The Morgan fingerprint density at radius 2 is 1.60 bits per heavy atom. The molecule has 35 heavy (non-hydrogen) atoms. The zero-order valence-corrected chi connectivity index (χ0v) is 20.3. The maximum atomic E-state index is 12.8. The van der Waals surface area contributed by atoms with Crippen LogP contribution in [0.4, 0.5) is 4.79 Å². The summed E-state index contributed by atoms with van der Waals surface area (Å²) in [6.07, 6.45) is 6.45. The Labute approximate surface area is 205 Å². The van der Waals surface area contributed by atoms with Gasteiger partial charge in [0.15, 0.2) is 0 Å². The van der Waals surface area contributed by atoms with Gasteiger partial charge in [-0.3, -0.25) is 14.4 Å². The molecule has 0 spiro atoms. The Kier molecular flexibility index (Phi) is 7.62. The maximum absolute atomic E-state index is 12.8. The van der Waals surface area contributed by atoms with E-state index in [2.05, 4.69) is 16.0 Å². The minimum absolute atomic E-state index is 0.0732. The summed E-state index contributed by atoms with van der Waals surface area (Å²) in [4.78, 5) is 49.2. The molecule has 0 unspecified atom stereocenters. The molecular weight excluding hydrogens is 448 g/mol. The predicted octanol–water partition coefficient (Wildman–Crippen LogP) is 2.14. The van der Waals surface area contributed by atoms with Gasteiger partial charge in [0, 0.05) is 12.0 Å². The van der Waals surface area contributed by atoms with E-state index in [-0.39, 0.29) is 30.9 Å². The Morgan fingerprint density at radius 1 is 1.00 bits per heavy atom. The van der Waals surface area contributed by atoms with Crippen LogP contribution in [0.15, 0.2) is 30.3 Å². The highest BCUT2D eigenvalue weighted by molar-refractivity contribution is 5.90. The first-order valence-corrected chi connectivity index (χ1v) is 12.6. The van der Waals surface area contributed by atoms with Crippen molar-refractivity contribution in [2.75, 3.05) is 0 Å². The summed E-state index contributed by atoms with van der Waals surface area (Å²) in [5, 5.41) is 8.26. The number of nitrogens with two attached hydrogens (primary N) is 1. The number of hydrogen-bond donors (Lipinski definition) is 4. The molecule has 0 saturated heterocycles. The Hall–Kier alpha value is -3.10. The van der Waals surface area contributed by atoms with Crippen LogP contribution in [0.1, 0.15) is 63.9 Å². The van der Waals surface area contributed by atoms with E-state index < -0.39 is 30.0 Å². The number of carbonyl (C=O) groups is 4. The van der Waals surface area contributed by atoms with Gasteiger partial charge in [-0.05, 0) is 75.2 Å². The molecule has 0 radical (unpaired) electrons. The zero-order chi connectivity index (χ0) is 25.0. The number of nitrogens with one attached hydrogen (secondary N) is 3. The van der Waals surface area contributed by atoms with Crippen molar-refractivity contribution in [1.29, 1.82) is 0 Å². The van der Waals surface area contributed by atoms with Crippen LogP contribution >= 0.6 is 0 Å². The summed E-state index contributed by atoms with van der Waals surface area (Å²) >= 11 is 0. The van der Waals surface area contributed by atoms with Gasteiger partial charge >= 0.3 is 6.09 Å². The average molecular weight is 485 g/mol. The number of carbonyl (C=O) groups excluding carboxylic acids is 4. The molecular formula is C26H36N4O5. The van der Waals surface area contributed by atoms with Crippen molar-refractivity contribution in [2.45, 2.75) is 82.5 Å². The predicted molar refractivity (Wildman–Crippen MR) is 129 cm³/mol. The van der Waals surface area contributed by atoms with Crippen LogP contribution in [0.5, 0.6) is 0 Å². The fourth-order valence-corrected chi connectivity index (χ4v) is 6.49. The summed E-state index contributed by atoms with van der Waals surface area (Å²) in [7, 11) is 0. The van der Waals surface area contributed by atoms with Crippen LogP contribution in [0, 0.1) is 17.8 Å². The maximum Gasteiger partial charge on any atom is 0.408 e. The third-order valence-corrected chi connectivity index (χ3v) is 7.70. The molecule has 2 atom stereocenters. The molecule has 1 aromatic rings. The van der Waals surface area contributed by atoms with Gasteiger partial charge in [0.25, 0.3) is 0 Å². The van der Waals surface area contributed by atoms with Crippen LogP contribution in [0.2, 0.25) is 0 Å². The monoisotopic (exact) mass is 484 g/mol. The third kappa shape index (κ3) is 6.52. The molecule has 5 rings (SSSR count). The molecule has 5 N–H and O–H groups in total. The smallest absolute Gasteiger partial charge is 0.408 e. The van der Waals surface area contributed by atoms with Crippen molar-refractivity contribution in [3.8, 4) is 0 Å². The highest BCUT2D eigenvalue weighted by atomic mass is 16.5. The summed E-state index contributed by atoms with van der Waals surface area (Å²) in [5.74, 6) is 0.739. The normalized spacial score (nSPS) is 28.0. The van der Waals surface area contributed by atoms with E-state index in [0.29, 0.717) is 17.8 Å². The molecule has 1 aromatic carbocycles. The molecule has 4 saturated carbocycles. The van der Waals surface area contributed by atoms with Gasteiger partial charge in [-0.25, -0.2) is 4.79 Å². The van der Waals surface area contributed by atoms with E-state index in [0.717, 1.165) is 24.8 Å². The summed E-state index contributed by atoms with van der Waals surface area (Å²) in [5.41, 5.74) is 6.19.